The zero-order valence-corrected chi connectivity index (χ0v) is 19.6. The number of rotatable bonds is 10. The Morgan fingerprint density at radius 3 is 2.53 bits per heavy atom. The van der Waals surface area contributed by atoms with Crippen LogP contribution in [0.25, 0.3) is 0 Å². The van der Waals surface area contributed by atoms with Crippen molar-refractivity contribution in [3.8, 4) is 0 Å². The van der Waals surface area contributed by atoms with E-state index in [9.17, 15) is 4.79 Å². The normalized spacial score (nSPS) is 37.6. The molecule has 0 radical (unpaired) electrons. The maximum atomic E-state index is 15.1. The molecule has 4 aliphatic rings. The Labute approximate surface area is 192 Å². The number of fused-ring (bicyclic) bond motifs is 1. The second kappa shape index (κ2) is 12.0. The maximum Gasteiger partial charge on any atom is 0.158 e. The Balaban J connectivity index is 1.45. The Morgan fingerprint density at radius 2 is 1.84 bits per heavy atom. The minimum atomic E-state index is -1.06. The average Bonchev–Trinajstić information content (AvgIpc) is 3.31. The highest BCUT2D eigenvalue weighted by molar-refractivity contribution is 5.81. The lowest BCUT2D eigenvalue weighted by molar-refractivity contribution is -0.193. The van der Waals surface area contributed by atoms with Crippen LogP contribution in [0.2, 0.25) is 0 Å². The van der Waals surface area contributed by atoms with E-state index >= 15 is 4.39 Å². The molecule has 0 amide bonds. The highest BCUT2D eigenvalue weighted by Crippen LogP contribution is 2.48. The van der Waals surface area contributed by atoms with Crippen LogP contribution in [0.15, 0.2) is 12.2 Å². The van der Waals surface area contributed by atoms with Crippen LogP contribution in [0, 0.1) is 17.8 Å². The fraction of sp³-hybridized carbons (Fsp3) is 0.885. The first-order valence-electron chi connectivity index (χ1n) is 13.0. The highest BCUT2D eigenvalue weighted by atomic mass is 19.1. The van der Waals surface area contributed by atoms with Gasteiger partial charge in [0.15, 0.2) is 12.6 Å². The number of Topliss-reactive ketones (excluding diaryl/α,β-unsaturated/α-hetero) is 1. The molecule has 0 aromatic carbocycles. The molecule has 6 heteroatoms. The van der Waals surface area contributed by atoms with E-state index in [1.165, 1.54) is 0 Å². The molecule has 2 heterocycles. The molecule has 2 aliphatic heterocycles. The van der Waals surface area contributed by atoms with Gasteiger partial charge in [-0.3, -0.25) is 4.79 Å². The van der Waals surface area contributed by atoms with Crippen molar-refractivity contribution in [2.45, 2.75) is 115 Å². The molecular weight excluding hydrogens is 411 g/mol. The smallest absolute Gasteiger partial charge is 0.158 e. The predicted octanol–water partition coefficient (Wildman–Crippen LogP) is 5.51. The van der Waals surface area contributed by atoms with Crippen molar-refractivity contribution in [2.24, 2.45) is 17.8 Å². The SMILES string of the molecule is CCCC[C@@H](F)[C@H](C=C[C@@H]1[C@H]2CC(=O)C[C@H]2C[C@H]1OC1CCCCO1)OC1CCCCO1. The van der Waals surface area contributed by atoms with Crippen molar-refractivity contribution in [3.05, 3.63) is 12.2 Å². The average molecular weight is 453 g/mol. The number of ketones is 1. The Bertz CT molecular complexity index is 613. The van der Waals surface area contributed by atoms with E-state index in [0.717, 1.165) is 64.4 Å². The molecule has 4 rings (SSSR count). The summed E-state index contributed by atoms with van der Waals surface area (Å²) in [6.07, 6.45) is 12.4. The molecule has 32 heavy (non-hydrogen) atoms. The van der Waals surface area contributed by atoms with Gasteiger partial charge >= 0.3 is 0 Å². The van der Waals surface area contributed by atoms with Gasteiger partial charge in [0.1, 0.15) is 18.1 Å². The van der Waals surface area contributed by atoms with Crippen molar-refractivity contribution in [3.63, 3.8) is 0 Å². The van der Waals surface area contributed by atoms with Crippen LogP contribution in [0.1, 0.15) is 84.0 Å². The number of hydrogen-bond acceptors (Lipinski definition) is 5. The summed E-state index contributed by atoms with van der Waals surface area (Å²) in [6, 6.07) is 0. The van der Waals surface area contributed by atoms with Crippen LogP contribution in [-0.2, 0) is 23.7 Å². The van der Waals surface area contributed by atoms with E-state index in [0.29, 0.717) is 37.6 Å². The van der Waals surface area contributed by atoms with E-state index < -0.39 is 12.3 Å². The molecule has 2 aliphatic carbocycles. The van der Waals surface area contributed by atoms with Gasteiger partial charge in [0.2, 0.25) is 0 Å². The fourth-order valence-corrected chi connectivity index (χ4v) is 5.87. The topological polar surface area (TPSA) is 54.0 Å². The van der Waals surface area contributed by atoms with Gasteiger partial charge in [0.25, 0.3) is 0 Å². The van der Waals surface area contributed by atoms with Gasteiger partial charge in [-0.15, -0.1) is 0 Å². The van der Waals surface area contributed by atoms with E-state index in [4.69, 9.17) is 18.9 Å². The molecule has 0 N–H and O–H groups in total. The molecule has 182 valence electrons. The molecule has 0 aromatic heterocycles. The van der Waals surface area contributed by atoms with Crippen LogP contribution in [0.5, 0.6) is 0 Å². The Hall–Kier alpha value is -0.820. The van der Waals surface area contributed by atoms with Gasteiger partial charge in [0, 0.05) is 32.0 Å². The lowest BCUT2D eigenvalue weighted by Crippen LogP contribution is -2.33. The molecule has 5 nitrogen and oxygen atoms in total. The van der Waals surface area contributed by atoms with E-state index in [2.05, 4.69) is 13.0 Å². The summed E-state index contributed by atoms with van der Waals surface area (Å²) in [4.78, 5) is 12.1. The standard InChI is InChI=1S/C26H41FO5/c1-2-3-8-22(27)23(31-25-9-4-6-13-29-25)12-11-20-21-17-19(28)15-18(21)16-24(20)32-26-10-5-7-14-30-26/h11-12,18,20-26H,2-10,13-17H2,1H3/t18-,20+,21-,22+,23-,24+,25?,26?/m0/s1. The third-order valence-electron chi connectivity index (χ3n) is 7.64. The van der Waals surface area contributed by atoms with Crippen LogP contribution < -0.4 is 0 Å². The fourth-order valence-electron chi connectivity index (χ4n) is 5.87. The first-order chi connectivity index (χ1) is 15.6. The quantitative estimate of drug-likeness (QED) is 0.409. The minimum Gasteiger partial charge on any atom is -0.353 e. The van der Waals surface area contributed by atoms with Gasteiger partial charge in [-0.25, -0.2) is 4.39 Å². The van der Waals surface area contributed by atoms with Crippen molar-refractivity contribution in [2.75, 3.05) is 13.2 Å². The van der Waals surface area contributed by atoms with Crippen LogP contribution in [-0.4, -0.2) is 50.0 Å². The first-order valence-corrected chi connectivity index (χ1v) is 13.0. The maximum absolute atomic E-state index is 15.1. The number of halogens is 1. The Kier molecular flexibility index (Phi) is 9.15. The highest BCUT2D eigenvalue weighted by Gasteiger charge is 2.48. The monoisotopic (exact) mass is 452 g/mol. The summed E-state index contributed by atoms with van der Waals surface area (Å²) in [7, 11) is 0. The van der Waals surface area contributed by atoms with Gasteiger partial charge in [0.05, 0.1) is 6.10 Å². The van der Waals surface area contributed by atoms with Crippen molar-refractivity contribution in [1.82, 2.24) is 0 Å². The molecule has 2 saturated carbocycles. The molecule has 4 fully saturated rings. The molecule has 2 unspecified atom stereocenters. The molecule has 2 saturated heterocycles. The summed E-state index contributed by atoms with van der Waals surface area (Å²) in [5.41, 5.74) is 0. The second-order valence-electron chi connectivity index (χ2n) is 10.1. The lowest BCUT2D eigenvalue weighted by Gasteiger charge is -2.30. The van der Waals surface area contributed by atoms with Gasteiger partial charge < -0.3 is 18.9 Å². The molecule has 0 spiro atoms. The van der Waals surface area contributed by atoms with Crippen molar-refractivity contribution in [1.29, 1.82) is 0 Å². The molecular formula is C26H41FO5. The number of carbonyl (C=O) groups is 1. The number of unbranched alkanes of at least 4 members (excludes halogenated alkanes) is 1. The molecule has 8 atom stereocenters. The number of ether oxygens (including phenoxy) is 4. The third-order valence-corrected chi connectivity index (χ3v) is 7.64. The lowest BCUT2D eigenvalue weighted by atomic mass is 9.90. The van der Waals surface area contributed by atoms with Crippen molar-refractivity contribution >= 4 is 5.78 Å². The van der Waals surface area contributed by atoms with Crippen LogP contribution >= 0.6 is 0 Å². The molecule has 0 bridgehead atoms. The predicted molar refractivity (Wildman–Crippen MR) is 120 cm³/mol. The van der Waals surface area contributed by atoms with Gasteiger partial charge in [-0.2, -0.15) is 0 Å². The van der Waals surface area contributed by atoms with Crippen molar-refractivity contribution < 1.29 is 28.1 Å². The summed E-state index contributed by atoms with van der Waals surface area (Å²) >= 11 is 0. The summed E-state index contributed by atoms with van der Waals surface area (Å²) in [5, 5.41) is 0. The van der Waals surface area contributed by atoms with Crippen LogP contribution in [0.3, 0.4) is 0 Å². The molecule has 0 aromatic rings. The van der Waals surface area contributed by atoms with Gasteiger partial charge in [-0.05, 0) is 63.2 Å². The number of alkyl halides is 1. The summed E-state index contributed by atoms with van der Waals surface area (Å²) < 4.78 is 39.2. The zero-order valence-electron chi connectivity index (χ0n) is 19.6. The van der Waals surface area contributed by atoms with Crippen LogP contribution in [0.4, 0.5) is 4.39 Å². The third kappa shape index (κ3) is 6.40. The summed E-state index contributed by atoms with van der Waals surface area (Å²) in [5.74, 6) is 1.11. The van der Waals surface area contributed by atoms with E-state index in [-0.39, 0.29) is 30.5 Å². The zero-order chi connectivity index (χ0) is 22.3. The van der Waals surface area contributed by atoms with Gasteiger partial charge in [-0.1, -0.05) is 31.9 Å². The Morgan fingerprint density at radius 1 is 1.09 bits per heavy atom. The number of hydrogen-bond donors (Lipinski definition) is 0. The summed E-state index contributed by atoms with van der Waals surface area (Å²) in [6.45, 7) is 3.51. The first kappa shape index (κ1) is 24.3. The largest absolute Gasteiger partial charge is 0.353 e. The second-order valence-corrected chi connectivity index (χ2v) is 10.1. The number of carbonyl (C=O) groups excluding carboxylic acids is 1. The van der Waals surface area contributed by atoms with E-state index in [1.807, 2.05) is 6.08 Å². The minimum absolute atomic E-state index is 0.0257. The van der Waals surface area contributed by atoms with E-state index in [1.54, 1.807) is 0 Å².